The number of carbonyl (C=O) groups is 3. The van der Waals surface area contributed by atoms with E-state index in [1.807, 2.05) is 6.07 Å². The Labute approximate surface area is 198 Å². The average molecular weight is 484 g/mol. The highest BCUT2D eigenvalue weighted by Crippen LogP contribution is 2.36. The van der Waals surface area contributed by atoms with Gasteiger partial charge < -0.3 is 20.5 Å². The van der Waals surface area contributed by atoms with E-state index in [2.05, 4.69) is 9.84 Å². The van der Waals surface area contributed by atoms with Crippen LogP contribution in [0.3, 0.4) is 0 Å². The molecule has 1 unspecified atom stereocenters. The Bertz CT molecular complexity index is 1290. The van der Waals surface area contributed by atoms with Gasteiger partial charge in [0.1, 0.15) is 11.8 Å². The zero-order valence-corrected chi connectivity index (χ0v) is 18.6. The summed E-state index contributed by atoms with van der Waals surface area (Å²) >= 11 is 0. The summed E-state index contributed by atoms with van der Waals surface area (Å²) in [7, 11) is 1.75. The first kappa shape index (κ1) is 23.9. The Morgan fingerprint density at radius 1 is 1.14 bits per heavy atom. The highest BCUT2D eigenvalue weighted by atomic mass is 19.3. The second kappa shape index (κ2) is 9.53. The van der Waals surface area contributed by atoms with Gasteiger partial charge in [-0.15, -0.1) is 0 Å². The fourth-order valence-electron chi connectivity index (χ4n) is 4.26. The van der Waals surface area contributed by atoms with Crippen molar-refractivity contribution in [2.24, 2.45) is 12.8 Å². The van der Waals surface area contributed by atoms with Crippen molar-refractivity contribution in [2.45, 2.75) is 32.0 Å². The van der Waals surface area contributed by atoms with Crippen molar-refractivity contribution in [2.75, 3.05) is 0 Å². The molecular weight excluding hydrogens is 462 g/mol. The van der Waals surface area contributed by atoms with Crippen LogP contribution in [0.1, 0.15) is 28.8 Å². The van der Waals surface area contributed by atoms with Crippen LogP contribution in [0.15, 0.2) is 48.7 Å². The Hall–Kier alpha value is -4.28. The molecule has 4 rings (SSSR count). The van der Waals surface area contributed by atoms with Crippen molar-refractivity contribution in [1.29, 1.82) is 0 Å². The number of benzene rings is 2. The fourth-order valence-corrected chi connectivity index (χ4v) is 4.26. The molecule has 1 aliphatic rings. The molecule has 1 atom stereocenters. The fraction of sp³-hybridized carbons (Fsp3) is 0.250. The Morgan fingerprint density at radius 3 is 2.46 bits per heavy atom. The summed E-state index contributed by atoms with van der Waals surface area (Å²) in [4.78, 5) is 37.1. The van der Waals surface area contributed by atoms with Crippen molar-refractivity contribution >= 4 is 17.8 Å². The number of carboxylic acids is 1. The van der Waals surface area contributed by atoms with Crippen LogP contribution in [0.2, 0.25) is 0 Å². The van der Waals surface area contributed by atoms with Gasteiger partial charge in [0.2, 0.25) is 5.91 Å². The number of nitrogens with two attached hydrogens (primary N) is 1. The van der Waals surface area contributed by atoms with Crippen LogP contribution in [0.5, 0.6) is 5.75 Å². The molecule has 2 heterocycles. The minimum absolute atomic E-state index is 0.0375. The number of fused-ring (bicyclic) bond motifs is 1. The van der Waals surface area contributed by atoms with Crippen molar-refractivity contribution in [3.63, 3.8) is 0 Å². The van der Waals surface area contributed by atoms with Gasteiger partial charge in [-0.3, -0.25) is 19.1 Å². The van der Waals surface area contributed by atoms with E-state index in [-0.39, 0.29) is 31.0 Å². The van der Waals surface area contributed by atoms with Crippen LogP contribution in [-0.4, -0.2) is 50.2 Å². The van der Waals surface area contributed by atoms with Gasteiger partial charge in [0.05, 0.1) is 11.9 Å². The third kappa shape index (κ3) is 4.84. The summed E-state index contributed by atoms with van der Waals surface area (Å²) in [5.41, 5.74) is 9.50. The highest BCUT2D eigenvalue weighted by molar-refractivity contribution is 6.01. The number of aryl methyl sites for hydroxylation is 1. The number of amides is 2. The first-order valence-electron chi connectivity index (χ1n) is 10.7. The van der Waals surface area contributed by atoms with Gasteiger partial charge in [0, 0.05) is 36.7 Å². The molecule has 1 aromatic heterocycles. The molecule has 0 bridgehead atoms. The van der Waals surface area contributed by atoms with E-state index in [4.69, 9.17) is 10.8 Å². The lowest BCUT2D eigenvalue weighted by Gasteiger charge is -2.24. The topological polar surface area (TPSA) is 128 Å². The Balaban J connectivity index is 1.64. The molecule has 35 heavy (non-hydrogen) atoms. The van der Waals surface area contributed by atoms with Gasteiger partial charge in [-0.05, 0) is 53.9 Å². The first-order valence-corrected chi connectivity index (χ1v) is 10.7. The molecule has 1 aliphatic heterocycles. The van der Waals surface area contributed by atoms with Gasteiger partial charge in [-0.2, -0.15) is 13.9 Å². The molecular formula is C24H22F2N4O5. The summed E-state index contributed by atoms with van der Waals surface area (Å²) < 4.78 is 31.0. The zero-order chi connectivity index (χ0) is 25.3. The number of halogens is 2. The number of nitrogens with zero attached hydrogens (tertiary/aromatic N) is 3. The summed E-state index contributed by atoms with van der Waals surface area (Å²) in [5.74, 6) is -2.20. The second-order valence-electron chi connectivity index (χ2n) is 8.09. The van der Waals surface area contributed by atoms with E-state index in [0.717, 1.165) is 22.4 Å². The maximum absolute atomic E-state index is 12.9. The number of hydrogen-bond acceptors (Lipinski definition) is 5. The normalized spacial score (nSPS) is 13.7. The highest BCUT2D eigenvalue weighted by Gasteiger charge is 2.36. The number of ether oxygens (including phenoxy) is 1. The molecule has 182 valence electrons. The number of carbonyl (C=O) groups excluding carboxylic acids is 2. The van der Waals surface area contributed by atoms with Crippen LogP contribution < -0.4 is 10.5 Å². The Morgan fingerprint density at radius 2 is 1.83 bits per heavy atom. The van der Waals surface area contributed by atoms with Gasteiger partial charge >= 0.3 is 12.6 Å². The minimum atomic E-state index is -2.92. The number of primary amides is 1. The first-order chi connectivity index (χ1) is 16.7. The lowest BCUT2D eigenvalue weighted by atomic mass is 9.98. The molecule has 0 spiro atoms. The summed E-state index contributed by atoms with van der Waals surface area (Å²) in [6, 6.07) is 10.4. The van der Waals surface area contributed by atoms with Crippen molar-refractivity contribution in [1.82, 2.24) is 14.7 Å². The van der Waals surface area contributed by atoms with Crippen molar-refractivity contribution < 1.29 is 33.0 Å². The third-order valence-electron chi connectivity index (χ3n) is 5.88. The largest absolute Gasteiger partial charge is 0.481 e. The average Bonchev–Trinajstić information content (AvgIpc) is 3.33. The number of hydrogen-bond donors (Lipinski definition) is 2. The molecule has 3 N–H and O–H groups in total. The SMILES string of the molecule is Cn1ncc(-c2ccc3c(c2)CN(C(CCC(=O)O)C(N)=O)C3=O)c1-c1ccc(OC(F)F)cc1. The molecule has 2 aromatic carbocycles. The van der Waals surface area contributed by atoms with E-state index < -0.39 is 24.5 Å². The maximum atomic E-state index is 12.9. The molecule has 2 amide bonds. The minimum Gasteiger partial charge on any atom is -0.481 e. The molecule has 9 nitrogen and oxygen atoms in total. The van der Waals surface area contributed by atoms with Crippen LogP contribution in [0.25, 0.3) is 22.4 Å². The molecule has 0 fully saturated rings. The monoisotopic (exact) mass is 484 g/mol. The van der Waals surface area contributed by atoms with Gasteiger partial charge in [-0.25, -0.2) is 0 Å². The van der Waals surface area contributed by atoms with Crippen molar-refractivity contribution in [3.8, 4) is 28.1 Å². The number of carboxylic acid groups (broad SMARTS) is 1. The number of aromatic nitrogens is 2. The van der Waals surface area contributed by atoms with Gasteiger partial charge in [0.15, 0.2) is 0 Å². The smallest absolute Gasteiger partial charge is 0.387 e. The van der Waals surface area contributed by atoms with E-state index in [0.29, 0.717) is 11.1 Å². The lowest BCUT2D eigenvalue weighted by molar-refractivity contribution is -0.137. The van der Waals surface area contributed by atoms with Crippen molar-refractivity contribution in [3.05, 3.63) is 59.8 Å². The van der Waals surface area contributed by atoms with Crippen LogP contribution in [-0.2, 0) is 23.2 Å². The van der Waals surface area contributed by atoms with Crippen LogP contribution >= 0.6 is 0 Å². The van der Waals surface area contributed by atoms with E-state index in [1.54, 1.807) is 42.2 Å². The van der Waals surface area contributed by atoms with E-state index >= 15 is 0 Å². The standard InChI is InChI=1S/C24H22F2N4O5/c1-29-21(13-2-5-16(6-3-13)35-24(25)26)18(11-28-29)14-4-7-17-15(10-14)12-30(23(17)34)19(22(27)33)8-9-20(31)32/h2-7,10-11,19,24H,8-9,12H2,1H3,(H2,27,33)(H,31,32). The molecule has 0 saturated carbocycles. The molecule has 0 radical (unpaired) electrons. The second-order valence-corrected chi connectivity index (χ2v) is 8.09. The number of alkyl halides is 2. The molecule has 0 aliphatic carbocycles. The molecule has 3 aromatic rings. The zero-order valence-electron chi connectivity index (χ0n) is 18.6. The summed E-state index contributed by atoms with van der Waals surface area (Å²) in [5, 5.41) is 13.3. The van der Waals surface area contributed by atoms with Crippen LogP contribution in [0, 0.1) is 0 Å². The number of aliphatic carboxylic acids is 1. The number of rotatable bonds is 9. The predicted molar refractivity (Wildman–Crippen MR) is 120 cm³/mol. The molecule has 11 heteroatoms. The summed E-state index contributed by atoms with van der Waals surface area (Å²) in [6.45, 7) is -2.80. The summed E-state index contributed by atoms with van der Waals surface area (Å²) in [6.07, 6.45) is 1.29. The van der Waals surface area contributed by atoms with Gasteiger partial charge in [0.25, 0.3) is 5.91 Å². The van der Waals surface area contributed by atoms with Crippen LogP contribution in [0.4, 0.5) is 8.78 Å². The quantitative estimate of drug-likeness (QED) is 0.481. The van der Waals surface area contributed by atoms with E-state index in [1.165, 1.54) is 17.0 Å². The van der Waals surface area contributed by atoms with E-state index in [9.17, 15) is 23.2 Å². The lowest BCUT2D eigenvalue weighted by Crippen LogP contribution is -2.45. The molecule has 0 saturated heterocycles. The third-order valence-corrected chi connectivity index (χ3v) is 5.88. The predicted octanol–water partition coefficient (Wildman–Crippen LogP) is 3.03. The maximum Gasteiger partial charge on any atom is 0.387 e. The Kier molecular flexibility index (Phi) is 6.50. The van der Waals surface area contributed by atoms with Gasteiger partial charge in [-0.1, -0.05) is 6.07 Å².